The van der Waals surface area contributed by atoms with Gasteiger partial charge in [0.2, 0.25) is 11.8 Å². The average molecular weight is 392 g/mol. The fourth-order valence-electron chi connectivity index (χ4n) is 5.11. The third-order valence-electron chi connectivity index (χ3n) is 6.54. The SMILES string of the molecule is Cl.NCCNC(=O)C1CCCN(C(=O)C2CC23CCCc2ccccc23)C1. The minimum absolute atomic E-state index is 0. The number of fused-ring (bicyclic) bond motifs is 2. The van der Waals surface area contributed by atoms with E-state index in [1.165, 1.54) is 17.5 Å². The van der Waals surface area contributed by atoms with Crippen molar-refractivity contribution in [3.8, 4) is 0 Å². The molecule has 2 amide bonds. The summed E-state index contributed by atoms with van der Waals surface area (Å²) in [5.41, 5.74) is 8.36. The van der Waals surface area contributed by atoms with Crippen LogP contribution in [0.3, 0.4) is 0 Å². The lowest BCUT2D eigenvalue weighted by atomic mass is 9.78. The molecule has 4 rings (SSSR count). The molecule has 0 radical (unpaired) electrons. The predicted octanol–water partition coefficient (Wildman–Crippen LogP) is 2.02. The van der Waals surface area contributed by atoms with Crippen LogP contribution in [0.2, 0.25) is 0 Å². The summed E-state index contributed by atoms with van der Waals surface area (Å²) in [4.78, 5) is 27.4. The molecule has 1 aromatic carbocycles. The molecule has 3 aliphatic rings. The number of carbonyl (C=O) groups excluding carboxylic acids is 2. The number of nitrogens with one attached hydrogen (secondary N) is 1. The molecule has 1 saturated heterocycles. The summed E-state index contributed by atoms with van der Waals surface area (Å²) in [6, 6.07) is 8.65. The van der Waals surface area contributed by atoms with Gasteiger partial charge >= 0.3 is 0 Å². The van der Waals surface area contributed by atoms with Crippen molar-refractivity contribution in [1.82, 2.24) is 10.2 Å². The maximum absolute atomic E-state index is 13.2. The molecule has 1 spiro atoms. The van der Waals surface area contributed by atoms with Gasteiger partial charge < -0.3 is 16.0 Å². The van der Waals surface area contributed by atoms with Crippen molar-refractivity contribution in [2.75, 3.05) is 26.2 Å². The van der Waals surface area contributed by atoms with Gasteiger partial charge in [0, 0.05) is 37.5 Å². The van der Waals surface area contributed by atoms with Gasteiger partial charge in [-0.15, -0.1) is 12.4 Å². The first kappa shape index (κ1) is 20.2. The number of likely N-dealkylation sites (tertiary alicyclic amines) is 1. The Hall–Kier alpha value is -1.59. The van der Waals surface area contributed by atoms with Gasteiger partial charge in [-0.3, -0.25) is 9.59 Å². The molecule has 3 atom stereocenters. The molecule has 6 heteroatoms. The lowest BCUT2D eigenvalue weighted by Gasteiger charge is -2.33. The Labute approximate surface area is 167 Å². The second kappa shape index (κ2) is 8.19. The Morgan fingerprint density at radius 2 is 2.07 bits per heavy atom. The predicted molar refractivity (Wildman–Crippen MR) is 108 cm³/mol. The Morgan fingerprint density at radius 3 is 2.89 bits per heavy atom. The lowest BCUT2D eigenvalue weighted by Crippen LogP contribution is -2.47. The van der Waals surface area contributed by atoms with E-state index in [0.717, 1.165) is 38.6 Å². The molecule has 1 saturated carbocycles. The van der Waals surface area contributed by atoms with Crippen LogP contribution in [-0.4, -0.2) is 42.9 Å². The smallest absolute Gasteiger partial charge is 0.226 e. The number of hydrogen-bond acceptors (Lipinski definition) is 3. The highest BCUT2D eigenvalue weighted by Gasteiger charge is 2.61. The topological polar surface area (TPSA) is 75.4 Å². The van der Waals surface area contributed by atoms with E-state index in [4.69, 9.17) is 5.73 Å². The van der Waals surface area contributed by atoms with E-state index in [0.29, 0.717) is 19.6 Å². The highest BCUT2D eigenvalue weighted by Crippen LogP contribution is 2.60. The largest absolute Gasteiger partial charge is 0.355 e. The number of aryl methyl sites for hydroxylation is 1. The van der Waals surface area contributed by atoms with Gasteiger partial charge in [-0.05, 0) is 49.7 Å². The summed E-state index contributed by atoms with van der Waals surface area (Å²) in [6.07, 6.45) is 6.16. The van der Waals surface area contributed by atoms with Gasteiger partial charge in [-0.2, -0.15) is 0 Å². The zero-order valence-corrected chi connectivity index (χ0v) is 16.6. The number of hydrogen-bond donors (Lipinski definition) is 2. The molecule has 148 valence electrons. The Balaban J connectivity index is 0.00000210. The van der Waals surface area contributed by atoms with Crippen molar-refractivity contribution in [2.24, 2.45) is 17.6 Å². The van der Waals surface area contributed by atoms with E-state index in [-0.39, 0.29) is 41.5 Å². The van der Waals surface area contributed by atoms with E-state index in [9.17, 15) is 9.59 Å². The molecule has 2 aliphatic carbocycles. The Bertz CT molecular complexity index is 710. The molecule has 5 nitrogen and oxygen atoms in total. The van der Waals surface area contributed by atoms with Gasteiger partial charge in [0.15, 0.2) is 0 Å². The van der Waals surface area contributed by atoms with Gasteiger partial charge in [0.05, 0.1) is 5.92 Å². The molecule has 3 unspecified atom stereocenters. The van der Waals surface area contributed by atoms with Gasteiger partial charge in [0.1, 0.15) is 0 Å². The Morgan fingerprint density at radius 1 is 1.26 bits per heavy atom. The normalized spacial score (nSPS) is 28.9. The molecular formula is C21H30ClN3O2. The quantitative estimate of drug-likeness (QED) is 0.824. The lowest BCUT2D eigenvalue weighted by molar-refractivity contribution is -0.137. The third-order valence-corrected chi connectivity index (χ3v) is 6.54. The van der Waals surface area contributed by atoms with Crippen molar-refractivity contribution < 1.29 is 9.59 Å². The maximum atomic E-state index is 13.2. The number of amides is 2. The van der Waals surface area contributed by atoms with E-state index < -0.39 is 0 Å². The fraction of sp³-hybridized carbons (Fsp3) is 0.619. The summed E-state index contributed by atoms with van der Waals surface area (Å²) in [5, 5.41) is 2.87. The van der Waals surface area contributed by atoms with Crippen LogP contribution >= 0.6 is 12.4 Å². The number of carbonyl (C=O) groups is 2. The summed E-state index contributed by atoms with van der Waals surface area (Å²) in [5.74, 6) is 0.321. The van der Waals surface area contributed by atoms with Crippen LogP contribution in [0.5, 0.6) is 0 Å². The molecule has 3 N–H and O–H groups in total. The highest BCUT2D eigenvalue weighted by molar-refractivity contribution is 5.86. The number of benzene rings is 1. The van der Waals surface area contributed by atoms with Crippen LogP contribution in [0.4, 0.5) is 0 Å². The van der Waals surface area contributed by atoms with Gasteiger partial charge in [-0.1, -0.05) is 24.3 Å². The van der Waals surface area contributed by atoms with Crippen molar-refractivity contribution in [3.05, 3.63) is 35.4 Å². The summed E-state index contributed by atoms with van der Waals surface area (Å²) in [7, 11) is 0. The molecule has 2 fully saturated rings. The van der Waals surface area contributed by atoms with Crippen LogP contribution < -0.4 is 11.1 Å². The summed E-state index contributed by atoms with van der Waals surface area (Å²) in [6.45, 7) is 2.30. The second-order valence-corrected chi connectivity index (χ2v) is 8.13. The van der Waals surface area contributed by atoms with E-state index in [2.05, 4.69) is 29.6 Å². The minimum Gasteiger partial charge on any atom is -0.355 e. The van der Waals surface area contributed by atoms with Crippen LogP contribution in [-0.2, 0) is 21.4 Å². The standard InChI is InChI=1S/C21H29N3O2.ClH/c22-10-11-23-19(25)16-7-4-12-24(14-16)20(26)18-13-21(18)9-3-6-15-5-1-2-8-17(15)21;/h1-2,5,8,16,18H,3-4,6-7,9-14,22H2,(H,23,25);1H. The van der Waals surface area contributed by atoms with Crippen LogP contribution in [0.1, 0.15) is 43.2 Å². The zero-order chi connectivity index (χ0) is 18.1. The maximum Gasteiger partial charge on any atom is 0.226 e. The average Bonchev–Trinajstić information content (AvgIpc) is 3.40. The first-order chi connectivity index (χ1) is 12.7. The van der Waals surface area contributed by atoms with Crippen LogP contribution in [0.25, 0.3) is 0 Å². The molecule has 1 heterocycles. The van der Waals surface area contributed by atoms with Crippen molar-refractivity contribution in [1.29, 1.82) is 0 Å². The number of nitrogens with zero attached hydrogens (tertiary/aromatic N) is 1. The van der Waals surface area contributed by atoms with Gasteiger partial charge in [0.25, 0.3) is 0 Å². The zero-order valence-electron chi connectivity index (χ0n) is 15.8. The van der Waals surface area contributed by atoms with Crippen molar-refractivity contribution in [2.45, 2.75) is 43.9 Å². The number of rotatable bonds is 4. The van der Waals surface area contributed by atoms with Crippen LogP contribution in [0.15, 0.2) is 24.3 Å². The molecule has 0 bridgehead atoms. The number of halogens is 1. The first-order valence-corrected chi connectivity index (χ1v) is 10.0. The highest BCUT2D eigenvalue weighted by atomic mass is 35.5. The third kappa shape index (κ3) is 3.72. The number of nitrogens with two attached hydrogens (primary N) is 1. The summed E-state index contributed by atoms with van der Waals surface area (Å²) < 4.78 is 0. The monoisotopic (exact) mass is 391 g/mol. The summed E-state index contributed by atoms with van der Waals surface area (Å²) >= 11 is 0. The second-order valence-electron chi connectivity index (χ2n) is 8.13. The van der Waals surface area contributed by atoms with E-state index >= 15 is 0 Å². The van der Waals surface area contributed by atoms with Gasteiger partial charge in [-0.25, -0.2) is 0 Å². The minimum atomic E-state index is -0.0902. The molecule has 27 heavy (non-hydrogen) atoms. The molecule has 1 aliphatic heterocycles. The first-order valence-electron chi connectivity index (χ1n) is 10.0. The Kier molecular flexibility index (Phi) is 6.11. The van der Waals surface area contributed by atoms with Crippen molar-refractivity contribution in [3.63, 3.8) is 0 Å². The van der Waals surface area contributed by atoms with E-state index in [1.54, 1.807) is 0 Å². The van der Waals surface area contributed by atoms with E-state index in [1.807, 2.05) is 4.90 Å². The molecule has 0 aromatic heterocycles. The van der Waals surface area contributed by atoms with Crippen molar-refractivity contribution >= 4 is 24.2 Å². The fourth-order valence-corrected chi connectivity index (χ4v) is 5.11. The van der Waals surface area contributed by atoms with Crippen LogP contribution in [0, 0.1) is 11.8 Å². The number of piperidine rings is 1. The molecule has 1 aromatic rings. The molecular weight excluding hydrogens is 362 g/mol.